The number of amides is 1. The fraction of sp³-hybridized carbons (Fsp3) is 0.222. The number of nitrogens with zero attached hydrogens (tertiary/aromatic N) is 1. The van der Waals surface area contributed by atoms with Crippen molar-refractivity contribution in [3.8, 4) is 0 Å². The van der Waals surface area contributed by atoms with E-state index in [4.69, 9.17) is 0 Å². The van der Waals surface area contributed by atoms with E-state index in [0.717, 1.165) is 23.4 Å². The third-order valence-electron chi connectivity index (χ3n) is 6.46. The number of carbonyl (C=O) groups excluding carboxylic acids is 1. The molecule has 1 amide bonds. The molecule has 5 rings (SSSR count). The Labute approximate surface area is 178 Å². The summed E-state index contributed by atoms with van der Waals surface area (Å²) in [5.74, 6) is 0.821. The Bertz CT molecular complexity index is 1120. The molecule has 2 aliphatic rings. The minimum Gasteiger partial charge on any atom is -0.378 e. The minimum absolute atomic E-state index is 0.0170. The van der Waals surface area contributed by atoms with Crippen molar-refractivity contribution in [3.63, 3.8) is 0 Å². The Balaban J connectivity index is 1.48. The Kier molecular flexibility index (Phi) is 4.66. The quantitative estimate of drug-likeness (QED) is 0.545. The van der Waals surface area contributed by atoms with Crippen molar-refractivity contribution in [2.75, 3.05) is 17.3 Å². The van der Waals surface area contributed by atoms with Gasteiger partial charge in [0.1, 0.15) is 0 Å². The van der Waals surface area contributed by atoms with Gasteiger partial charge in [-0.25, -0.2) is 0 Å². The first-order valence-corrected chi connectivity index (χ1v) is 10.6. The van der Waals surface area contributed by atoms with Gasteiger partial charge in [-0.1, -0.05) is 60.2 Å². The second-order valence-corrected chi connectivity index (χ2v) is 8.39. The SMILES string of the molecule is Cc1cccc(C2Nc3ccc(C(=O)N(C)c4ccccc4)cc3C3C=CCC32)c1. The lowest BCUT2D eigenvalue weighted by molar-refractivity contribution is 0.0993. The van der Waals surface area contributed by atoms with Crippen LogP contribution in [0.25, 0.3) is 0 Å². The van der Waals surface area contributed by atoms with Crippen molar-refractivity contribution in [2.24, 2.45) is 5.92 Å². The summed E-state index contributed by atoms with van der Waals surface area (Å²) in [5.41, 5.74) is 6.61. The number of hydrogen-bond acceptors (Lipinski definition) is 2. The maximum Gasteiger partial charge on any atom is 0.258 e. The number of para-hydroxylation sites is 1. The number of rotatable bonds is 3. The van der Waals surface area contributed by atoms with Gasteiger partial charge in [0, 0.05) is 29.9 Å². The minimum atomic E-state index is 0.0170. The lowest BCUT2D eigenvalue weighted by atomic mass is 9.76. The summed E-state index contributed by atoms with van der Waals surface area (Å²) in [6.07, 6.45) is 5.67. The standard InChI is InChI=1S/C27H26N2O/c1-18-8-6-9-19(16-18)26-23-13-7-12-22(23)24-17-20(14-15-25(24)28-26)27(30)29(2)21-10-4-3-5-11-21/h3-12,14-17,22-23,26,28H,13H2,1-2H3. The zero-order valence-electron chi connectivity index (χ0n) is 17.4. The molecule has 0 radical (unpaired) electrons. The molecule has 1 aliphatic carbocycles. The van der Waals surface area contributed by atoms with Gasteiger partial charge in [-0.15, -0.1) is 0 Å². The first-order chi connectivity index (χ1) is 14.6. The van der Waals surface area contributed by atoms with Gasteiger partial charge < -0.3 is 10.2 Å². The molecule has 1 N–H and O–H groups in total. The molecule has 1 aliphatic heterocycles. The Hall–Kier alpha value is -3.33. The summed E-state index contributed by atoms with van der Waals surface area (Å²) >= 11 is 0. The number of allylic oxidation sites excluding steroid dienone is 2. The van der Waals surface area contributed by atoms with Crippen LogP contribution in [-0.4, -0.2) is 13.0 Å². The average molecular weight is 395 g/mol. The van der Waals surface area contributed by atoms with E-state index in [0.29, 0.717) is 11.8 Å². The van der Waals surface area contributed by atoms with Crippen LogP contribution in [0.2, 0.25) is 0 Å². The smallest absolute Gasteiger partial charge is 0.258 e. The van der Waals surface area contributed by atoms with Crippen molar-refractivity contribution in [2.45, 2.75) is 25.3 Å². The van der Waals surface area contributed by atoms with Gasteiger partial charge in [-0.05, 0) is 60.7 Å². The predicted molar refractivity (Wildman–Crippen MR) is 123 cm³/mol. The van der Waals surface area contributed by atoms with E-state index in [1.165, 1.54) is 16.7 Å². The molecule has 0 saturated carbocycles. The van der Waals surface area contributed by atoms with E-state index < -0.39 is 0 Å². The zero-order chi connectivity index (χ0) is 20.7. The van der Waals surface area contributed by atoms with E-state index in [1.54, 1.807) is 4.90 Å². The molecule has 3 heteroatoms. The van der Waals surface area contributed by atoms with Gasteiger partial charge >= 0.3 is 0 Å². The summed E-state index contributed by atoms with van der Waals surface area (Å²) < 4.78 is 0. The van der Waals surface area contributed by atoms with Crippen LogP contribution in [0.1, 0.15) is 45.4 Å². The summed E-state index contributed by atoms with van der Waals surface area (Å²) in [4.78, 5) is 14.9. The molecule has 150 valence electrons. The molecular weight excluding hydrogens is 368 g/mol. The molecule has 3 aromatic carbocycles. The number of hydrogen-bond donors (Lipinski definition) is 1. The summed E-state index contributed by atoms with van der Waals surface area (Å²) in [6.45, 7) is 2.14. The van der Waals surface area contributed by atoms with Crippen LogP contribution in [0.3, 0.4) is 0 Å². The largest absolute Gasteiger partial charge is 0.378 e. The molecular formula is C27H26N2O. The molecule has 0 aromatic heterocycles. The second-order valence-electron chi connectivity index (χ2n) is 8.39. The number of aryl methyl sites for hydroxylation is 1. The predicted octanol–water partition coefficient (Wildman–Crippen LogP) is 6.10. The molecule has 0 bridgehead atoms. The van der Waals surface area contributed by atoms with Gasteiger partial charge in [0.25, 0.3) is 5.91 Å². The van der Waals surface area contributed by atoms with Crippen molar-refractivity contribution in [1.82, 2.24) is 0 Å². The van der Waals surface area contributed by atoms with Crippen LogP contribution in [0.4, 0.5) is 11.4 Å². The highest BCUT2D eigenvalue weighted by atomic mass is 16.2. The Morgan fingerprint density at radius 1 is 1.00 bits per heavy atom. The van der Waals surface area contributed by atoms with E-state index in [1.807, 2.05) is 43.4 Å². The van der Waals surface area contributed by atoms with Crippen LogP contribution in [-0.2, 0) is 0 Å². The molecule has 30 heavy (non-hydrogen) atoms. The van der Waals surface area contributed by atoms with Crippen molar-refractivity contribution in [3.05, 3.63) is 107 Å². The topological polar surface area (TPSA) is 32.3 Å². The third-order valence-corrected chi connectivity index (χ3v) is 6.46. The number of benzene rings is 3. The van der Waals surface area contributed by atoms with Crippen molar-refractivity contribution in [1.29, 1.82) is 0 Å². The zero-order valence-corrected chi connectivity index (χ0v) is 17.4. The van der Waals surface area contributed by atoms with Gasteiger partial charge in [-0.2, -0.15) is 0 Å². The number of carbonyl (C=O) groups is 1. The highest BCUT2D eigenvalue weighted by Gasteiger charge is 2.38. The van der Waals surface area contributed by atoms with Crippen LogP contribution >= 0.6 is 0 Å². The van der Waals surface area contributed by atoms with Gasteiger partial charge in [0.05, 0.1) is 6.04 Å². The number of anilines is 2. The lowest BCUT2D eigenvalue weighted by Gasteiger charge is -2.38. The van der Waals surface area contributed by atoms with Crippen LogP contribution < -0.4 is 10.2 Å². The highest BCUT2D eigenvalue weighted by Crippen LogP contribution is 2.50. The lowest BCUT2D eigenvalue weighted by Crippen LogP contribution is -2.30. The molecule has 3 nitrogen and oxygen atoms in total. The van der Waals surface area contributed by atoms with E-state index in [-0.39, 0.29) is 11.9 Å². The molecule has 1 heterocycles. The molecule has 0 saturated heterocycles. The van der Waals surface area contributed by atoms with Crippen molar-refractivity contribution < 1.29 is 4.79 Å². The average Bonchev–Trinajstić information content (AvgIpc) is 3.28. The Morgan fingerprint density at radius 3 is 2.63 bits per heavy atom. The highest BCUT2D eigenvalue weighted by molar-refractivity contribution is 6.06. The molecule has 3 atom stereocenters. The number of fused-ring (bicyclic) bond motifs is 3. The fourth-order valence-electron chi connectivity index (χ4n) is 4.88. The molecule has 3 aromatic rings. The molecule has 0 spiro atoms. The van der Waals surface area contributed by atoms with E-state index in [9.17, 15) is 4.79 Å². The second kappa shape index (κ2) is 7.49. The molecule has 0 fully saturated rings. The normalized spacial score (nSPS) is 21.5. The summed E-state index contributed by atoms with van der Waals surface area (Å²) in [6, 6.07) is 25.0. The third kappa shape index (κ3) is 3.21. The van der Waals surface area contributed by atoms with Gasteiger partial charge in [-0.3, -0.25) is 4.79 Å². The van der Waals surface area contributed by atoms with Crippen LogP contribution in [0.15, 0.2) is 84.9 Å². The van der Waals surface area contributed by atoms with Gasteiger partial charge in [0.2, 0.25) is 0 Å². The van der Waals surface area contributed by atoms with Crippen molar-refractivity contribution >= 4 is 17.3 Å². The maximum atomic E-state index is 13.1. The monoisotopic (exact) mass is 394 g/mol. The van der Waals surface area contributed by atoms with E-state index in [2.05, 4.69) is 60.8 Å². The maximum absolute atomic E-state index is 13.1. The van der Waals surface area contributed by atoms with Crippen LogP contribution in [0, 0.1) is 12.8 Å². The number of nitrogens with one attached hydrogen (secondary N) is 1. The van der Waals surface area contributed by atoms with Gasteiger partial charge in [0.15, 0.2) is 0 Å². The first-order valence-electron chi connectivity index (χ1n) is 10.6. The van der Waals surface area contributed by atoms with E-state index >= 15 is 0 Å². The Morgan fingerprint density at radius 2 is 1.83 bits per heavy atom. The summed E-state index contributed by atoms with van der Waals surface area (Å²) in [7, 11) is 1.83. The first kappa shape index (κ1) is 18.7. The molecule has 3 unspecified atom stereocenters. The fourth-order valence-corrected chi connectivity index (χ4v) is 4.88. The summed E-state index contributed by atoms with van der Waals surface area (Å²) in [5, 5.41) is 3.77. The van der Waals surface area contributed by atoms with Crippen LogP contribution in [0.5, 0.6) is 0 Å².